The standard InChI is InChI=1S/C11H7BrClNO2/c12-8-3-1-2-6-4-7(5-9(15)16)11(13)14-10(6)8/h1-4H,5H2,(H,15,16). The lowest BCUT2D eigenvalue weighted by molar-refractivity contribution is -0.136. The van der Waals surface area contributed by atoms with Gasteiger partial charge in [0.05, 0.1) is 11.9 Å². The van der Waals surface area contributed by atoms with Crippen LogP contribution in [0, 0.1) is 0 Å². The molecule has 0 saturated heterocycles. The number of benzene rings is 1. The van der Waals surface area contributed by atoms with Gasteiger partial charge in [-0.1, -0.05) is 23.7 Å². The summed E-state index contributed by atoms with van der Waals surface area (Å²) in [5.74, 6) is -0.918. The Bertz CT molecular complexity index is 571. The van der Waals surface area contributed by atoms with Crippen LogP contribution in [0.4, 0.5) is 0 Å². The van der Waals surface area contributed by atoms with E-state index in [0.717, 1.165) is 15.4 Å². The molecular weight excluding hydrogens is 293 g/mol. The topological polar surface area (TPSA) is 50.2 Å². The first-order valence-electron chi connectivity index (χ1n) is 4.53. The van der Waals surface area contributed by atoms with Crippen molar-refractivity contribution in [2.75, 3.05) is 0 Å². The summed E-state index contributed by atoms with van der Waals surface area (Å²) in [6.07, 6.45) is -0.117. The highest BCUT2D eigenvalue weighted by Crippen LogP contribution is 2.26. The Balaban J connectivity index is 2.63. The normalized spacial score (nSPS) is 10.6. The van der Waals surface area contributed by atoms with Crippen molar-refractivity contribution in [2.24, 2.45) is 0 Å². The smallest absolute Gasteiger partial charge is 0.307 e. The van der Waals surface area contributed by atoms with Gasteiger partial charge in [-0.3, -0.25) is 4.79 Å². The molecule has 0 bridgehead atoms. The summed E-state index contributed by atoms with van der Waals surface area (Å²) in [6.45, 7) is 0. The molecule has 3 nitrogen and oxygen atoms in total. The van der Waals surface area contributed by atoms with Crippen molar-refractivity contribution in [3.05, 3.63) is 39.5 Å². The fraction of sp³-hybridized carbons (Fsp3) is 0.0909. The first-order chi connectivity index (χ1) is 7.58. The minimum absolute atomic E-state index is 0.117. The number of para-hydroxylation sites is 1. The average molecular weight is 301 g/mol. The molecule has 16 heavy (non-hydrogen) atoms. The summed E-state index contributed by atoms with van der Waals surface area (Å²) in [6, 6.07) is 7.35. The van der Waals surface area contributed by atoms with Crippen LogP contribution in [0.3, 0.4) is 0 Å². The second-order valence-electron chi connectivity index (χ2n) is 3.32. The zero-order chi connectivity index (χ0) is 11.7. The number of nitrogens with zero attached hydrogens (tertiary/aromatic N) is 1. The van der Waals surface area contributed by atoms with E-state index in [0.29, 0.717) is 5.56 Å². The first-order valence-corrected chi connectivity index (χ1v) is 5.70. The van der Waals surface area contributed by atoms with Crippen LogP contribution in [0.5, 0.6) is 0 Å². The van der Waals surface area contributed by atoms with Crippen molar-refractivity contribution in [3.63, 3.8) is 0 Å². The SMILES string of the molecule is O=C(O)Cc1cc2cccc(Br)c2nc1Cl. The van der Waals surface area contributed by atoms with Gasteiger partial charge in [0, 0.05) is 15.4 Å². The minimum atomic E-state index is -0.918. The van der Waals surface area contributed by atoms with E-state index in [9.17, 15) is 4.79 Å². The molecule has 1 aromatic heterocycles. The van der Waals surface area contributed by atoms with Crippen molar-refractivity contribution >= 4 is 44.4 Å². The Kier molecular flexibility index (Phi) is 3.12. The predicted octanol–water partition coefficient (Wildman–Crippen LogP) is 3.28. The number of rotatable bonds is 2. The van der Waals surface area contributed by atoms with Gasteiger partial charge < -0.3 is 5.11 Å². The second kappa shape index (κ2) is 4.39. The Hall–Kier alpha value is -1.13. The zero-order valence-corrected chi connectivity index (χ0v) is 10.4. The maximum Gasteiger partial charge on any atom is 0.307 e. The van der Waals surface area contributed by atoms with Crippen LogP contribution >= 0.6 is 27.5 Å². The number of halogens is 2. The van der Waals surface area contributed by atoms with Crippen LogP contribution in [0.25, 0.3) is 10.9 Å². The Morgan fingerprint density at radius 2 is 2.25 bits per heavy atom. The highest BCUT2D eigenvalue weighted by atomic mass is 79.9. The highest BCUT2D eigenvalue weighted by Gasteiger charge is 2.09. The molecule has 0 atom stereocenters. The van der Waals surface area contributed by atoms with Gasteiger partial charge in [-0.15, -0.1) is 0 Å². The second-order valence-corrected chi connectivity index (χ2v) is 4.53. The van der Waals surface area contributed by atoms with Crippen LogP contribution in [0.2, 0.25) is 5.15 Å². The number of fused-ring (bicyclic) bond motifs is 1. The molecule has 0 aliphatic rings. The van der Waals surface area contributed by atoms with Gasteiger partial charge in [-0.05, 0) is 28.1 Å². The van der Waals surface area contributed by atoms with Crippen molar-refractivity contribution in [3.8, 4) is 0 Å². The van der Waals surface area contributed by atoms with Crippen molar-refractivity contribution in [1.29, 1.82) is 0 Å². The van der Waals surface area contributed by atoms with Gasteiger partial charge in [0.2, 0.25) is 0 Å². The molecule has 0 spiro atoms. The summed E-state index contributed by atoms with van der Waals surface area (Å²) >= 11 is 9.29. The number of hydrogen-bond donors (Lipinski definition) is 1. The molecule has 2 aromatic rings. The molecule has 0 saturated carbocycles. The largest absolute Gasteiger partial charge is 0.481 e. The summed E-state index contributed by atoms with van der Waals surface area (Å²) in [5, 5.41) is 9.83. The predicted molar refractivity (Wildman–Crippen MR) is 65.8 cm³/mol. The average Bonchev–Trinajstić information content (AvgIpc) is 2.20. The monoisotopic (exact) mass is 299 g/mol. The van der Waals surface area contributed by atoms with Gasteiger partial charge >= 0.3 is 5.97 Å². The van der Waals surface area contributed by atoms with Crippen molar-refractivity contribution in [2.45, 2.75) is 6.42 Å². The number of carbonyl (C=O) groups is 1. The molecule has 5 heteroatoms. The summed E-state index contributed by atoms with van der Waals surface area (Å²) in [4.78, 5) is 14.8. The van der Waals surface area contributed by atoms with E-state index in [1.165, 1.54) is 0 Å². The van der Waals surface area contributed by atoms with Crippen molar-refractivity contribution < 1.29 is 9.90 Å². The Morgan fingerprint density at radius 3 is 2.94 bits per heavy atom. The molecule has 0 radical (unpaired) electrons. The third kappa shape index (κ3) is 2.18. The van der Waals surface area contributed by atoms with Crippen molar-refractivity contribution in [1.82, 2.24) is 4.98 Å². The molecule has 1 heterocycles. The highest BCUT2D eigenvalue weighted by molar-refractivity contribution is 9.10. The third-order valence-corrected chi connectivity index (χ3v) is 3.13. The molecule has 0 aliphatic carbocycles. The fourth-order valence-electron chi connectivity index (χ4n) is 1.47. The lowest BCUT2D eigenvalue weighted by Gasteiger charge is -2.05. The summed E-state index contributed by atoms with van der Waals surface area (Å²) in [7, 11) is 0. The number of pyridine rings is 1. The number of aliphatic carboxylic acids is 1. The van der Waals surface area contributed by atoms with E-state index in [2.05, 4.69) is 20.9 Å². The fourth-order valence-corrected chi connectivity index (χ4v) is 2.15. The Morgan fingerprint density at radius 1 is 1.50 bits per heavy atom. The van der Waals surface area contributed by atoms with Gasteiger partial charge in [0.1, 0.15) is 5.15 Å². The molecule has 1 N–H and O–H groups in total. The Labute approximate surface area is 105 Å². The van der Waals surface area contributed by atoms with Crippen LogP contribution < -0.4 is 0 Å². The molecule has 0 unspecified atom stereocenters. The molecule has 0 amide bonds. The lowest BCUT2D eigenvalue weighted by atomic mass is 10.1. The van der Waals surface area contributed by atoms with Gasteiger partial charge in [0.25, 0.3) is 0 Å². The van der Waals surface area contributed by atoms with Crippen LogP contribution in [-0.4, -0.2) is 16.1 Å². The first kappa shape index (κ1) is 11.4. The van der Waals surface area contributed by atoms with E-state index in [1.807, 2.05) is 18.2 Å². The van der Waals surface area contributed by atoms with Gasteiger partial charge in [0.15, 0.2) is 0 Å². The van der Waals surface area contributed by atoms with Gasteiger partial charge in [-0.2, -0.15) is 0 Å². The lowest BCUT2D eigenvalue weighted by Crippen LogP contribution is -2.01. The molecular formula is C11H7BrClNO2. The molecule has 82 valence electrons. The van der Waals surface area contributed by atoms with E-state index in [4.69, 9.17) is 16.7 Å². The van der Waals surface area contributed by atoms with Gasteiger partial charge in [-0.25, -0.2) is 4.98 Å². The van der Waals surface area contributed by atoms with Crippen LogP contribution in [0.15, 0.2) is 28.7 Å². The zero-order valence-electron chi connectivity index (χ0n) is 8.08. The summed E-state index contributed by atoms with van der Waals surface area (Å²) in [5.41, 5.74) is 1.27. The quantitative estimate of drug-likeness (QED) is 0.866. The number of carboxylic acid groups (broad SMARTS) is 1. The van der Waals surface area contributed by atoms with E-state index in [-0.39, 0.29) is 11.6 Å². The molecule has 2 rings (SSSR count). The third-order valence-electron chi connectivity index (χ3n) is 2.16. The number of carboxylic acids is 1. The van der Waals surface area contributed by atoms with E-state index in [1.54, 1.807) is 6.07 Å². The van der Waals surface area contributed by atoms with E-state index < -0.39 is 5.97 Å². The number of hydrogen-bond acceptors (Lipinski definition) is 2. The maximum atomic E-state index is 10.6. The summed E-state index contributed by atoms with van der Waals surface area (Å²) < 4.78 is 0.841. The maximum absolute atomic E-state index is 10.6. The molecule has 0 fully saturated rings. The number of aromatic nitrogens is 1. The minimum Gasteiger partial charge on any atom is -0.481 e. The van der Waals surface area contributed by atoms with Crippen LogP contribution in [-0.2, 0) is 11.2 Å². The van der Waals surface area contributed by atoms with Crippen LogP contribution in [0.1, 0.15) is 5.56 Å². The van der Waals surface area contributed by atoms with E-state index >= 15 is 0 Å². The molecule has 0 aliphatic heterocycles. The molecule has 1 aromatic carbocycles.